The molecule has 0 aliphatic rings. The zero-order valence-corrected chi connectivity index (χ0v) is 21.8. The molecule has 0 unspecified atom stereocenters. The molecule has 2 aromatic carbocycles. The molecule has 3 N–H and O–H groups in total. The molecule has 2 aromatic heterocycles. The van der Waals surface area contributed by atoms with E-state index in [1.54, 1.807) is 12.3 Å². The normalized spacial score (nSPS) is 11.5. The van der Waals surface area contributed by atoms with Crippen molar-refractivity contribution in [1.29, 1.82) is 0 Å². The lowest BCUT2D eigenvalue weighted by atomic mass is 9.93. The number of hydrogen-bond donors (Lipinski definition) is 2. The van der Waals surface area contributed by atoms with Crippen molar-refractivity contribution in [2.45, 2.75) is 58.9 Å². The maximum absolute atomic E-state index is 13.8. The third-order valence-electron chi connectivity index (χ3n) is 6.86. The summed E-state index contributed by atoms with van der Waals surface area (Å²) in [5, 5.41) is 4.52. The van der Waals surface area contributed by atoms with E-state index < -0.39 is 0 Å². The molecule has 0 radical (unpaired) electrons. The molecule has 0 saturated carbocycles. The summed E-state index contributed by atoms with van der Waals surface area (Å²) in [6.07, 6.45) is 11.1. The molecule has 0 atom stereocenters. The summed E-state index contributed by atoms with van der Waals surface area (Å²) >= 11 is 0. The molecule has 0 spiro atoms. The number of aromatic nitrogens is 3. The van der Waals surface area contributed by atoms with Crippen LogP contribution in [0.5, 0.6) is 0 Å². The van der Waals surface area contributed by atoms with Crippen molar-refractivity contribution in [3.05, 3.63) is 71.4 Å². The van der Waals surface area contributed by atoms with Crippen molar-refractivity contribution in [2.24, 2.45) is 12.8 Å². The van der Waals surface area contributed by atoms with Gasteiger partial charge in [0.15, 0.2) is 0 Å². The Balaban J connectivity index is 1.50. The van der Waals surface area contributed by atoms with Crippen molar-refractivity contribution >= 4 is 10.9 Å². The highest BCUT2D eigenvalue weighted by atomic mass is 19.1. The molecule has 0 bridgehead atoms. The zero-order valence-electron chi connectivity index (χ0n) is 21.8. The van der Waals surface area contributed by atoms with E-state index in [0.717, 1.165) is 54.0 Å². The second-order valence-corrected chi connectivity index (χ2v) is 9.76. The Hall–Kier alpha value is -3.09. The van der Waals surface area contributed by atoms with Gasteiger partial charge in [-0.15, -0.1) is 0 Å². The number of nitrogens with two attached hydrogens (primary N) is 1. The van der Waals surface area contributed by atoms with Crippen LogP contribution in [0.15, 0.2) is 48.9 Å². The minimum Gasteiger partial charge on any atom is -0.333 e. The molecule has 6 heteroatoms. The van der Waals surface area contributed by atoms with E-state index in [4.69, 9.17) is 10.7 Å². The van der Waals surface area contributed by atoms with Gasteiger partial charge in [-0.25, -0.2) is 9.37 Å². The minimum atomic E-state index is -0.282. The first-order valence-corrected chi connectivity index (χ1v) is 13.1. The molecule has 36 heavy (non-hydrogen) atoms. The number of pyridine rings is 1. The third kappa shape index (κ3) is 6.00. The van der Waals surface area contributed by atoms with Crippen LogP contribution in [0.2, 0.25) is 0 Å². The van der Waals surface area contributed by atoms with Gasteiger partial charge in [0.25, 0.3) is 0 Å². The highest BCUT2D eigenvalue weighted by Crippen LogP contribution is 2.37. The first-order valence-electron chi connectivity index (χ1n) is 13.1. The fourth-order valence-electron chi connectivity index (χ4n) is 5.12. The summed E-state index contributed by atoms with van der Waals surface area (Å²) in [6, 6.07) is 11.3. The molecule has 2 heterocycles. The van der Waals surface area contributed by atoms with Gasteiger partial charge in [-0.2, -0.15) is 0 Å². The van der Waals surface area contributed by atoms with E-state index in [9.17, 15) is 4.39 Å². The Morgan fingerprint density at radius 3 is 2.39 bits per heavy atom. The lowest BCUT2D eigenvalue weighted by molar-refractivity contribution is 0.567. The van der Waals surface area contributed by atoms with Crippen LogP contribution >= 0.6 is 0 Å². The first kappa shape index (κ1) is 26.0. The highest BCUT2D eigenvalue weighted by Gasteiger charge is 2.19. The van der Waals surface area contributed by atoms with Gasteiger partial charge >= 0.3 is 0 Å². The Kier molecular flexibility index (Phi) is 8.83. The monoisotopic (exact) mass is 487 g/mol. The number of nitrogens with one attached hydrogen (secondary N) is 1. The Labute approximate surface area is 214 Å². The average Bonchev–Trinajstić information content (AvgIpc) is 3.22. The molecular formula is C30H38FN5. The zero-order chi connectivity index (χ0) is 25.5. The summed E-state index contributed by atoms with van der Waals surface area (Å²) in [6.45, 7) is 7.03. The van der Waals surface area contributed by atoms with Crippen LogP contribution < -0.4 is 11.1 Å². The smallest absolute Gasteiger partial charge is 0.125 e. The van der Waals surface area contributed by atoms with Gasteiger partial charge in [-0.3, -0.25) is 4.98 Å². The molecule has 4 aromatic rings. The molecule has 0 aliphatic carbocycles. The van der Waals surface area contributed by atoms with Gasteiger partial charge in [-0.05, 0) is 74.7 Å². The second-order valence-electron chi connectivity index (χ2n) is 9.76. The minimum absolute atomic E-state index is 0.282. The number of imidazole rings is 1. The number of aryl methyl sites for hydroxylation is 3. The number of rotatable bonds is 12. The molecular weight excluding hydrogens is 449 g/mol. The van der Waals surface area contributed by atoms with Crippen LogP contribution in [0, 0.1) is 19.7 Å². The lowest BCUT2D eigenvalue weighted by Crippen LogP contribution is -2.15. The molecule has 190 valence electrons. The van der Waals surface area contributed by atoms with E-state index in [1.807, 2.05) is 24.0 Å². The Morgan fingerprint density at radius 1 is 0.917 bits per heavy atom. The van der Waals surface area contributed by atoms with Crippen LogP contribution in [-0.4, -0.2) is 27.6 Å². The SMILES string of the molecule is Cc1cc(CNCCCCCCCCN)cc(C)c1-c1ncn(C)c1-c1ccnc2cc(F)ccc12. The fourth-order valence-corrected chi connectivity index (χ4v) is 5.12. The van der Waals surface area contributed by atoms with Crippen LogP contribution in [0.25, 0.3) is 33.4 Å². The third-order valence-corrected chi connectivity index (χ3v) is 6.86. The summed E-state index contributed by atoms with van der Waals surface area (Å²) in [5.41, 5.74) is 14.0. The summed E-state index contributed by atoms with van der Waals surface area (Å²) in [5.74, 6) is -0.282. The predicted octanol–water partition coefficient (Wildman–Crippen LogP) is 6.45. The standard InChI is InChI=1S/C30H38FN5/c1-21-16-23(19-33-14-9-7-5-4-6-8-13-32)17-22(2)28(21)29-30(36(3)20-35-29)26-12-15-34-27-18-24(31)10-11-25(26)27/h10-12,15-18,20,33H,4-9,13-14,19,32H2,1-3H3. The van der Waals surface area contributed by atoms with E-state index in [0.29, 0.717) is 5.52 Å². The number of halogens is 1. The number of benzene rings is 2. The summed E-state index contributed by atoms with van der Waals surface area (Å²) in [4.78, 5) is 9.18. The van der Waals surface area contributed by atoms with Crippen LogP contribution in [-0.2, 0) is 13.6 Å². The first-order chi connectivity index (χ1) is 17.5. The largest absolute Gasteiger partial charge is 0.333 e. The summed E-state index contributed by atoms with van der Waals surface area (Å²) in [7, 11) is 2.00. The fraction of sp³-hybridized carbons (Fsp3) is 0.400. The van der Waals surface area contributed by atoms with E-state index >= 15 is 0 Å². The van der Waals surface area contributed by atoms with Crippen molar-refractivity contribution in [3.63, 3.8) is 0 Å². The van der Waals surface area contributed by atoms with Gasteiger partial charge < -0.3 is 15.6 Å². The van der Waals surface area contributed by atoms with Gasteiger partial charge in [0, 0.05) is 42.4 Å². The van der Waals surface area contributed by atoms with E-state index in [2.05, 4.69) is 36.3 Å². The Morgan fingerprint density at radius 2 is 1.64 bits per heavy atom. The van der Waals surface area contributed by atoms with Gasteiger partial charge in [0.05, 0.1) is 23.2 Å². The van der Waals surface area contributed by atoms with Gasteiger partial charge in [0.2, 0.25) is 0 Å². The lowest BCUT2D eigenvalue weighted by Gasteiger charge is -2.15. The molecule has 0 aliphatic heterocycles. The maximum atomic E-state index is 13.8. The van der Waals surface area contributed by atoms with Crippen LogP contribution in [0.4, 0.5) is 4.39 Å². The topological polar surface area (TPSA) is 68.8 Å². The van der Waals surface area contributed by atoms with Crippen molar-refractivity contribution in [1.82, 2.24) is 19.9 Å². The molecule has 0 fully saturated rings. The van der Waals surface area contributed by atoms with E-state index in [-0.39, 0.29) is 5.82 Å². The van der Waals surface area contributed by atoms with Crippen LogP contribution in [0.3, 0.4) is 0 Å². The number of hydrogen-bond acceptors (Lipinski definition) is 4. The quantitative estimate of drug-likeness (QED) is 0.225. The number of fused-ring (bicyclic) bond motifs is 1. The Bertz CT molecular complexity index is 1290. The molecule has 0 amide bonds. The number of nitrogens with zero attached hydrogens (tertiary/aromatic N) is 3. The number of unbranched alkanes of at least 4 members (excludes halogenated alkanes) is 5. The highest BCUT2D eigenvalue weighted by molar-refractivity contribution is 5.97. The van der Waals surface area contributed by atoms with Crippen molar-refractivity contribution in [3.8, 4) is 22.5 Å². The summed E-state index contributed by atoms with van der Waals surface area (Å²) < 4.78 is 15.9. The average molecular weight is 488 g/mol. The van der Waals surface area contributed by atoms with Crippen LogP contribution in [0.1, 0.15) is 55.2 Å². The maximum Gasteiger partial charge on any atom is 0.125 e. The molecule has 4 rings (SSSR count). The molecule has 0 saturated heterocycles. The van der Waals surface area contributed by atoms with E-state index in [1.165, 1.54) is 60.9 Å². The van der Waals surface area contributed by atoms with Gasteiger partial charge in [-0.1, -0.05) is 37.8 Å². The molecule has 5 nitrogen and oxygen atoms in total. The van der Waals surface area contributed by atoms with Crippen molar-refractivity contribution < 1.29 is 4.39 Å². The second kappa shape index (κ2) is 12.2. The predicted molar refractivity (Wildman–Crippen MR) is 147 cm³/mol. The van der Waals surface area contributed by atoms with Crippen molar-refractivity contribution in [2.75, 3.05) is 13.1 Å². The van der Waals surface area contributed by atoms with Gasteiger partial charge in [0.1, 0.15) is 5.82 Å².